The molecule has 1 heterocycles. The molecule has 0 atom stereocenters. The van der Waals surface area contributed by atoms with Gasteiger partial charge in [-0.2, -0.15) is 0 Å². The van der Waals surface area contributed by atoms with Crippen LogP contribution < -0.4 is 0 Å². The number of aryl methyl sites for hydroxylation is 1. The third-order valence-electron chi connectivity index (χ3n) is 2.46. The maximum absolute atomic E-state index is 11.5. The van der Waals surface area contributed by atoms with E-state index in [-0.39, 0.29) is 5.78 Å². The van der Waals surface area contributed by atoms with E-state index >= 15 is 0 Å². The van der Waals surface area contributed by atoms with E-state index in [1.54, 1.807) is 6.07 Å². The van der Waals surface area contributed by atoms with Crippen LogP contribution in [0.25, 0.3) is 0 Å². The Kier molecular flexibility index (Phi) is 2.21. The first-order chi connectivity index (χ1) is 6.29. The predicted molar refractivity (Wildman–Crippen MR) is 49.8 cm³/mol. The molecular formula is C11H14O2. The molecule has 0 spiro atoms. The Hall–Kier alpha value is -1.05. The molecule has 0 bridgehead atoms. The highest BCUT2D eigenvalue weighted by Gasteiger charge is 2.26. The van der Waals surface area contributed by atoms with Crippen LogP contribution in [0.2, 0.25) is 0 Å². The van der Waals surface area contributed by atoms with Gasteiger partial charge in [-0.1, -0.05) is 6.92 Å². The van der Waals surface area contributed by atoms with Gasteiger partial charge in [-0.05, 0) is 30.9 Å². The van der Waals surface area contributed by atoms with Crippen LogP contribution in [0.4, 0.5) is 0 Å². The zero-order valence-electron chi connectivity index (χ0n) is 7.88. The molecule has 1 aromatic rings. The molecule has 0 radical (unpaired) electrons. The zero-order valence-corrected chi connectivity index (χ0v) is 7.88. The van der Waals surface area contributed by atoms with Crippen molar-refractivity contribution in [2.24, 2.45) is 5.92 Å². The molecule has 1 fully saturated rings. The average Bonchev–Trinajstić information content (AvgIpc) is 2.82. The van der Waals surface area contributed by atoms with Gasteiger partial charge in [-0.15, -0.1) is 0 Å². The van der Waals surface area contributed by atoms with Crippen molar-refractivity contribution in [3.8, 4) is 0 Å². The lowest BCUT2D eigenvalue weighted by Gasteiger charge is -1.93. The van der Waals surface area contributed by atoms with Crippen LogP contribution in [0.15, 0.2) is 16.5 Å². The van der Waals surface area contributed by atoms with E-state index in [0.29, 0.717) is 18.1 Å². The Balaban J connectivity index is 2.01. The van der Waals surface area contributed by atoms with E-state index < -0.39 is 0 Å². The molecule has 0 N–H and O–H groups in total. The topological polar surface area (TPSA) is 30.2 Å². The van der Waals surface area contributed by atoms with Gasteiger partial charge in [0, 0.05) is 12.8 Å². The molecule has 1 saturated carbocycles. The van der Waals surface area contributed by atoms with Gasteiger partial charge in [0.25, 0.3) is 0 Å². The van der Waals surface area contributed by atoms with Crippen molar-refractivity contribution in [2.75, 3.05) is 0 Å². The van der Waals surface area contributed by atoms with Crippen LogP contribution in [0.3, 0.4) is 0 Å². The summed E-state index contributed by atoms with van der Waals surface area (Å²) in [7, 11) is 0. The first kappa shape index (κ1) is 8.54. The zero-order chi connectivity index (χ0) is 9.26. The SMILES string of the molecule is CCc1ccc(C(=O)CC2CC2)o1. The van der Waals surface area contributed by atoms with Gasteiger partial charge in [-0.25, -0.2) is 0 Å². The van der Waals surface area contributed by atoms with Crippen molar-refractivity contribution in [1.82, 2.24) is 0 Å². The number of hydrogen-bond donors (Lipinski definition) is 0. The Morgan fingerprint density at radius 2 is 2.31 bits per heavy atom. The molecule has 2 heteroatoms. The van der Waals surface area contributed by atoms with Crippen molar-refractivity contribution < 1.29 is 9.21 Å². The molecule has 0 amide bonds. The van der Waals surface area contributed by atoms with E-state index in [2.05, 4.69) is 0 Å². The minimum atomic E-state index is 0.169. The van der Waals surface area contributed by atoms with E-state index in [1.165, 1.54) is 12.8 Å². The van der Waals surface area contributed by atoms with Crippen LogP contribution in [-0.4, -0.2) is 5.78 Å². The second-order valence-corrected chi connectivity index (χ2v) is 3.69. The quantitative estimate of drug-likeness (QED) is 0.663. The van der Waals surface area contributed by atoms with Crippen molar-refractivity contribution >= 4 is 5.78 Å². The molecule has 0 unspecified atom stereocenters. The maximum Gasteiger partial charge on any atom is 0.198 e. The minimum Gasteiger partial charge on any atom is -0.458 e. The molecule has 0 aliphatic heterocycles. The molecule has 2 nitrogen and oxygen atoms in total. The summed E-state index contributed by atoms with van der Waals surface area (Å²) in [6, 6.07) is 3.68. The number of hydrogen-bond acceptors (Lipinski definition) is 2. The second-order valence-electron chi connectivity index (χ2n) is 3.69. The third-order valence-corrected chi connectivity index (χ3v) is 2.46. The summed E-state index contributed by atoms with van der Waals surface area (Å²) in [5.41, 5.74) is 0. The molecule has 0 saturated heterocycles. The highest BCUT2D eigenvalue weighted by Crippen LogP contribution is 2.33. The Bertz CT molecular complexity index is 308. The Morgan fingerprint density at radius 3 is 2.85 bits per heavy atom. The Labute approximate surface area is 77.9 Å². The van der Waals surface area contributed by atoms with E-state index in [4.69, 9.17) is 4.42 Å². The van der Waals surface area contributed by atoms with Gasteiger partial charge < -0.3 is 4.42 Å². The molecule has 1 aliphatic carbocycles. The smallest absolute Gasteiger partial charge is 0.198 e. The van der Waals surface area contributed by atoms with Gasteiger partial charge in [-0.3, -0.25) is 4.79 Å². The number of ketones is 1. The number of furan rings is 1. The van der Waals surface area contributed by atoms with Gasteiger partial charge in [0.1, 0.15) is 5.76 Å². The first-order valence-electron chi connectivity index (χ1n) is 4.91. The van der Waals surface area contributed by atoms with Crippen molar-refractivity contribution in [2.45, 2.75) is 32.6 Å². The first-order valence-corrected chi connectivity index (χ1v) is 4.91. The maximum atomic E-state index is 11.5. The highest BCUT2D eigenvalue weighted by molar-refractivity contribution is 5.93. The number of carbonyl (C=O) groups excluding carboxylic acids is 1. The number of rotatable bonds is 4. The minimum absolute atomic E-state index is 0.169. The highest BCUT2D eigenvalue weighted by atomic mass is 16.3. The normalized spacial score (nSPS) is 16.1. The van der Waals surface area contributed by atoms with Crippen LogP contribution in [0.1, 0.15) is 42.5 Å². The standard InChI is InChI=1S/C11H14O2/c1-2-9-5-6-11(13-9)10(12)7-8-3-4-8/h5-6,8H,2-4,7H2,1H3. The summed E-state index contributed by atoms with van der Waals surface area (Å²) in [4.78, 5) is 11.5. The molecule has 1 aliphatic rings. The van der Waals surface area contributed by atoms with Crippen LogP contribution in [-0.2, 0) is 6.42 Å². The van der Waals surface area contributed by atoms with E-state index in [0.717, 1.165) is 12.2 Å². The number of Topliss-reactive ketones (excluding diaryl/α,β-unsaturated/α-hetero) is 1. The fourth-order valence-electron chi connectivity index (χ4n) is 1.40. The third kappa shape index (κ3) is 2.00. The van der Waals surface area contributed by atoms with Crippen LogP contribution >= 0.6 is 0 Å². The summed E-state index contributed by atoms with van der Waals surface area (Å²) in [5, 5.41) is 0. The summed E-state index contributed by atoms with van der Waals surface area (Å²) >= 11 is 0. The lowest BCUT2D eigenvalue weighted by molar-refractivity contribution is 0.0947. The van der Waals surface area contributed by atoms with Crippen molar-refractivity contribution in [3.63, 3.8) is 0 Å². The van der Waals surface area contributed by atoms with Gasteiger partial charge in [0.2, 0.25) is 0 Å². The lowest BCUT2D eigenvalue weighted by atomic mass is 10.2. The number of carbonyl (C=O) groups is 1. The summed E-state index contributed by atoms with van der Waals surface area (Å²) in [5.74, 6) is 2.26. The molecule has 13 heavy (non-hydrogen) atoms. The van der Waals surface area contributed by atoms with Gasteiger partial charge in [0.05, 0.1) is 0 Å². The van der Waals surface area contributed by atoms with Gasteiger partial charge in [0.15, 0.2) is 11.5 Å². The molecular weight excluding hydrogens is 164 g/mol. The average molecular weight is 178 g/mol. The Morgan fingerprint density at radius 1 is 1.54 bits per heavy atom. The fourth-order valence-corrected chi connectivity index (χ4v) is 1.40. The van der Waals surface area contributed by atoms with E-state index in [9.17, 15) is 4.79 Å². The molecule has 1 aromatic heterocycles. The van der Waals surface area contributed by atoms with Gasteiger partial charge >= 0.3 is 0 Å². The fraction of sp³-hybridized carbons (Fsp3) is 0.545. The van der Waals surface area contributed by atoms with Crippen molar-refractivity contribution in [1.29, 1.82) is 0 Å². The lowest BCUT2D eigenvalue weighted by Crippen LogP contribution is -1.97. The van der Waals surface area contributed by atoms with E-state index in [1.807, 2.05) is 13.0 Å². The predicted octanol–water partition coefficient (Wildman–Crippen LogP) is 2.82. The largest absolute Gasteiger partial charge is 0.458 e. The summed E-state index contributed by atoms with van der Waals surface area (Å²) in [6.07, 6.45) is 3.97. The monoisotopic (exact) mass is 178 g/mol. The summed E-state index contributed by atoms with van der Waals surface area (Å²) < 4.78 is 5.37. The van der Waals surface area contributed by atoms with Crippen LogP contribution in [0.5, 0.6) is 0 Å². The van der Waals surface area contributed by atoms with Crippen molar-refractivity contribution in [3.05, 3.63) is 23.7 Å². The molecule has 2 rings (SSSR count). The van der Waals surface area contributed by atoms with Crippen LogP contribution in [0, 0.1) is 5.92 Å². The summed E-state index contributed by atoms with van der Waals surface area (Å²) in [6.45, 7) is 2.02. The molecule has 70 valence electrons. The molecule has 0 aromatic carbocycles. The second kappa shape index (κ2) is 3.36.